The van der Waals surface area contributed by atoms with E-state index in [9.17, 15) is 14.4 Å². The summed E-state index contributed by atoms with van der Waals surface area (Å²) in [5.74, 6) is -0.666. The Balaban J connectivity index is 1.40. The normalized spacial score (nSPS) is 12.4. The zero-order valence-electron chi connectivity index (χ0n) is 22.4. The molecule has 1 aromatic heterocycles. The van der Waals surface area contributed by atoms with Gasteiger partial charge in [0.25, 0.3) is 11.5 Å². The molecule has 1 heterocycles. The fraction of sp³-hybridized carbons (Fsp3) is 0.161. The molecule has 0 unspecified atom stereocenters. The number of nitrogens with one attached hydrogen (secondary N) is 3. The van der Waals surface area contributed by atoms with Crippen LogP contribution < -0.4 is 28.0 Å². The van der Waals surface area contributed by atoms with Gasteiger partial charge in [0.15, 0.2) is 0 Å². The number of benzene rings is 3. The molecule has 1 atom stereocenters. The number of aryl methyl sites for hydroxylation is 1. The number of amides is 1. The van der Waals surface area contributed by atoms with Crippen molar-refractivity contribution in [3.63, 3.8) is 0 Å². The maximum Gasteiger partial charge on any atom is 0.326 e. The van der Waals surface area contributed by atoms with Crippen LogP contribution in [0.2, 0.25) is 0 Å². The maximum atomic E-state index is 12.7. The number of nitrogen functional groups attached to an aromatic ring is 1. The Morgan fingerprint density at radius 3 is 2.50 bits per heavy atom. The third-order valence-corrected chi connectivity index (χ3v) is 6.53. The second kappa shape index (κ2) is 12.6. The third kappa shape index (κ3) is 6.82. The van der Waals surface area contributed by atoms with Crippen LogP contribution in [0.1, 0.15) is 45.7 Å². The first kappa shape index (κ1) is 27.8. The van der Waals surface area contributed by atoms with Crippen LogP contribution in [0.4, 0.5) is 5.69 Å². The summed E-state index contributed by atoms with van der Waals surface area (Å²) in [7, 11) is 0. The zero-order chi connectivity index (χ0) is 28.6. The lowest BCUT2D eigenvalue weighted by Crippen LogP contribution is -2.34. The van der Waals surface area contributed by atoms with E-state index in [0.29, 0.717) is 6.54 Å². The van der Waals surface area contributed by atoms with Gasteiger partial charge >= 0.3 is 5.69 Å². The predicted molar refractivity (Wildman–Crippen MR) is 160 cm³/mol. The topological polar surface area (TPSA) is 159 Å². The summed E-state index contributed by atoms with van der Waals surface area (Å²) >= 11 is 0. The number of nitrogens with zero attached hydrogens (tertiary/aromatic N) is 1. The molecule has 204 valence electrons. The molecule has 7 N–H and O–H groups in total. The molecule has 0 saturated heterocycles. The Labute approximate surface area is 231 Å². The number of aliphatic imine (C=N–C) groups is 1. The zero-order valence-corrected chi connectivity index (χ0v) is 22.4. The molecule has 0 fully saturated rings. The molecule has 0 bridgehead atoms. The van der Waals surface area contributed by atoms with Crippen molar-refractivity contribution in [2.24, 2.45) is 10.7 Å². The highest BCUT2D eigenvalue weighted by Gasteiger charge is 2.17. The van der Waals surface area contributed by atoms with E-state index < -0.39 is 23.2 Å². The highest BCUT2D eigenvalue weighted by molar-refractivity contribution is 6.09. The fourth-order valence-electron chi connectivity index (χ4n) is 4.24. The van der Waals surface area contributed by atoms with E-state index in [4.69, 9.17) is 11.5 Å². The molecule has 0 saturated carbocycles. The van der Waals surface area contributed by atoms with Gasteiger partial charge in [-0.2, -0.15) is 0 Å². The summed E-state index contributed by atoms with van der Waals surface area (Å²) in [6, 6.07) is 24.0. The number of hydrogen-bond donors (Lipinski definition) is 5. The Bertz CT molecular complexity index is 1680. The van der Waals surface area contributed by atoms with Crippen LogP contribution in [0, 0.1) is 6.92 Å². The monoisotopic (exact) mass is 536 g/mol. The van der Waals surface area contributed by atoms with Gasteiger partial charge in [-0.25, -0.2) is 4.79 Å². The maximum absolute atomic E-state index is 12.7. The van der Waals surface area contributed by atoms with E-state index in [-0.39, 0.29) is 11.4 Å². The van der Waals surface area contributed by atoms with Crippen molar-refractivity contribution in [3.05, 3.63) is 128 Å². The molecule has 0 aliphatic carbocycles. The molecule has 4 aromatic rings. The van der Waals surface area contributed by atoms with Crippen LogP contribution in [-0.4, -0.2) is 28.6 Å². The van der Waals surface area contributed by atoms with Gasteiger partial charge in [-0.05, 0) is 54.2 Å². The lowest BCUT2D eigenvalue weighted by Gasteiger charge is -2.16. The van der Waals surface area contributed by atoms with Crippen LogP contribution in [0.25, 0.3) is 16.7 Å². The van der Waals surface area contributed by atoms with E-state index in [2.05, 4.69) is 70.7 Å². The van der Waals surface area contributed by atoms with Crippen molar-refractivity contribution in [2.75, 3.05) is 12.3 Å². The Kier molecular flexibility index (Phi) is 8.75. The highest BCUT2D eigenvalue weighted by atomic mass is 16.2. The summed E-state index contributed by atoms with van der Waals surface area (Å²) in [6.45, 7) is 4.45. The van der Waals surface area contributed by atoms with Gasteiger partial charge in [-0.3, -0.25) is 19.6 Å². The second-order valence-electron chi connectivity index (χ2n) is 9.49. The number of carbonyl (C=O) groups excluding carboxylic acids is 1. The molecular weight excluding hydrogens is 504 g/mol. The van der Waals surface area contributed by atoms with Gasteiger partial charge in [-0.15, -0.1) is 0 Å². The molecule has 4 rings (SSSR count). The van der Waals surface area contributed by atoms with E-state index >= 15 is 0 Å². The largest absolute Gasteiger partial charge is 0.404 e. The summed E-state index contributed by atoms with van der Waals surface area (Å²) in [5, 5.41) is 2.76. The minimum absolute atomic E-state index is 0.282. The minimum atomic E-state index is -0.820. The molecule has 40 heavy (non-hydrogen) atoms. The smallest absolute Gasteiger partial charge is 0.326 e. The lowest BCUT2D eigenvalue weighted by molar-refractivity contribution is 0.0935. The van der Waals surface area contributed by atoms with Crippen LogP contribution >= 0.6 is 0 Å². The second-order valence-corrected chi connectivity index (χ2v) is 9.49. The van der Waals surface area contributed by atoms with Crippen LogP contribution in [0.3, 0.4) is 0 Å². The first-order chi connectivity index (χ1) is 19.2. The molecule has 1 amide bonds. The van der Waals surface area contributed by atoms with E-state index in [1.807, 2.05) is 29.2 Å². The number of allylic oxidation sites excluding steroid dienone is 1. The number of aromatic amines is 2. The first-order valence-electron chi connectivity index (χ1n) is 12.9. The summed E-state index contributed by atoms with van der Waals surface area (Å²) in [5.41, 5.74) is 16.5. The average molecular weight is 537 g/mol. The summed E-state index contributed by atoms with van der Waals surface area (Å²) < 4.78 is 0. The Morgan fingerprint density at radius 1 is 1.00 bits per heavy atom. The van der Waals surface area contributed by atoms with Gasteiger partial charge in [-0.1, -0.05) is 72.3 Å². The quantitative estimate of drug-likeness (QED) is 0.206. The molecule has 0 aliphatic heterocycles. The van der Waals surface area contributed by atoms with Gasteiger partial charge in [0.2, 0.25) is 0 Å². The van der Waals surface area contributed by atoms with Crippen LogP contribution in [0.5, 0.6) is 0 Å². The molecule has 9 nitrogen and oxygen atoms in total. The number of carbonyl (C=O) groups is 1. The molecular formula is C31H32N6O3. The molecule has 9 heteroatoms. The number of H-pyrrole nitrogens is 2. The van der Waals surface area contributed by atoms with E-state index in [1.54, 1.807) is 13.1 Å². The van der Waals surface area contributed by atoms with E-state index in [0.717, 1.165) is 23.1 Å². The number of aromatic nitrogens is 2. The van der Waals surface area contributed by atoms with Gasteiger partial charge in [0.1, 0.15) is 11.4 Å². The van der Waals surface area contributed by atoms with Crippen LogP contribution in [0.15, 0.2) is 93.6 Å². The molecule has 0 radical (unpaired) electrons. The van der Waals surface area contributed by atoms with Gasteiger partial charge < -0.3 is 21.8 Å². The first-order valence-corrected chi connectivity index (χ1v) is 12.9. The Morgan fingerprint density at radius 2 is 1.75 bits per heavy atom. The fourth-order valence-corrected chi connectivity index (χ4v) is 4.24. The molecule has 0 spiro atoms. The van der Waals surface area contributed by atoms with Crippen molar-refractivity contribution < 1.29 is 4.79 Å². The van der Waals surface area contributed by atoms with Gasteiger partial charge in [0.05, 0.1) is 6.04 Å². The summed E-state index contributed by atoms with van der Waals surface area (Å²) in [4.78, 5) is 44.8. The lowest BCUT2D eigenvalue weighted by atomic mass is 10.0. The minimum Gasteiger partial charge on any atom is -0.404 e. The standard InChI is InChI=1S/C31H32N6O3/c1-19-9-11-22(12-10-19)24-7-3-5-21(15-24)13-14-34-18-26(17-32)25-8-4-6-23(16-25)20(2)35-30(39)28-27(33)29(38)37-31(40)36-28/h3-12,15-18,20H,13-14,32-33H2,1-2H3,(H,35,39)(H2,36,37,38,40)/t20-/m1/s1. The SMILES string of the molecule is Cc1ccc(-c2cccc(CCN=CC(=CN)c3cccc([C@@H](C)NC(=O)c4[nH]c(=O)[nH]c(=O)c4N)c3)c2)cc1. The average Bonchev–Trinajstić information content (AvgIpc) is 2.95. The van der Waals surface area contributed by atoms with Crippen molar-refractivity contribution in [1.29, 1.82) is 0 Å². The van der Waals surface area contributed by atoms with Crippen molar-refractivity contribution in [3.8, 4) is 11.1 Å². The van der Waals surface area contributed by atoms with Crippen molar-refractivity contribution in [2.45, 2.75) is 26.3 Å². The highest BCUT2D eigenvalue weighted by Crippen LogP contribution is 2.22. The summed E-state index contributed by atoms with van der Waals surface area (Å²) in [6.07, 6.45) is 4.02. The third-order valence-electron chi connectivity index (χ3n) is 6.53. The van der Waals surface area contributed by atoms with Crippen molar-refractivity contribution in [1.82, 2.24) is 15.3 Å². The molecule has 3 aromatic carbocycles. The van der Waals surface area contributed by atoms with Crippen molar-refractivity contribution >= 4 is 23.4 Å². The Hall–Kier alpha value is -5.18. The predicted octanol–water partition coefficient (Wildman–Crippen LogP) is 3.72. The van der Waals surface area contributed by atoms with E-state index in [1.165, 1.54) is 28.5 Å². The van der Waals surface area contributed by atoms with Crippen LogP contribution in [-0.2, 0) is 6.42 Å². The number of nitrogens with two attached hydrogens (primary N) is 2. The molecule has 0 aliphatic rings. The number of anilines is 1. The number of rotatable bonds is 9. The number of hydrogen-bond acceptors (Lipinski definition) is 6. The van der Waals surface area contributed by atoms with Gasteiger partial charge in [0, 0.05) is 24.5 Å².